The fourth-order valence-electron chi connectivity index (χ4n) is 3.20. The number of hydrogen-bond donors (Lipinski definition) is 2. The van der Waals surface area contributed by atoms with Gasteiger partial charge in [0.1, 0.15) is 5.75 Å². The van der Waals surface area contributed by atoms with Crippen molar-refractivity contribution >= 4 is 11.6 Å². The molecule has 5 nitrogen and oxygen atoms in total. The maximum Gasteiger partial charge on any atom is 0.226 e. The van der Waals surface area contributed by atoms with E-state index in [0.29, 0.717) is 5.92 Å². The van der Waals surface area contributed by atoms with Crippen LogP contribution in [0.25, 0.3) is 0 Å². The lowest BCUT2D eigenvalue weighted by Gasteiger charge is -2.32. The number of nitrogens with two attached hydrogens (primary N) is 1. The third kappa shape index (κ3) is 4.95. The van der Waals surface area contributed by atoms with Crippen LogP contribution in [0.15, 0.2) is 18.2 Å². The summed E-state index contributed by atoms with van der Waals surface area (Å²) >= 11 is 0. The Morgan fingerprint density at radius 3 is 2.67 bits per heavy atom. The lowest BCUT2D eigenvalue weighted by atomic mass is 9.88. The molecule has 2 rings (SSSR count). The van der Waals surface area contributed by atoms with Gasteiger partial charge in [-0.05, 0) is 75.1 Å². The van der Waals surface area contributed by atoms with Gasteiger partial charge in [0.15, 0.2) is 0 Å². The molecule has 0 aromatic heterocycles. The van der Waals surface area contributed by atoms with E-state index in [1.165, 1.54) is 5.56 Å². The summed E-state index contributed by atoms with van der Waals surface area (Å²) in [6.45, 7) is 7.83. The van der Waals surface area contributed by atoms with Gasteiger partial charge >= 0.3 is 0 Å². The van der Waals surface area contributed by atoms with Crippen molar-refractivity contribution in [3.05, 3.63) is 23.8 Å². The third-order valence-electron chi connectivity index (χ3n) is 4.73. The number of benzene rings is 1. The van der Waals surface area contributed by atoms with Gasteiger partial charge in [0.05, 0.1) is 7.11 Å². The molecule has 0 unspecified atom stereocenters. The Balaban J connectivity index is 2.07. The highest BCUT2D eigenvalue weighted by Gasteiger charge is 2.23. The van der Waals surface area contributed by atoms with E-state index in [2.05, 4.69) is 16.3 Å². The molecule has 1 aromatic carbocycles. The molecule has 1 aliphatic rings. The fraction of sp³-hybridized carbons (Fsp3) is 0.632. The molecule has 134 valence electrons. The molecule has 0 atom stereocenters. The van der Waals surface area contributed by atoms with E-state index in [1.807, 2.05) is 26.0 Å². The second-order valence-electron chi connectivity index (χ2n) is 6.86. The molecule has 1 aliphatic heterocycles. The quantitative estimate of drug-likeness (QED) is 0.805. The SMILES string of the molecule is COc1ccc(NC(=O)C(C)C)cc1C1CCN(CCCN)CC1. The lowest BCUT2D eigenvalue weighted by Crippen LogP contribution is -2.34. The predicted octanol–water partition coefficient (Wildman–Crippen LogP) is 2.82. The Hall–Kier alpha value is -1.59. The van der Waals surface area contributed by atoms with Crippen molar-refractivity contribution < 1.29 is 9.53 Å². The predicted molar refractivity (Wildman–Crippen MR) is 98.5 cm³/mol. The zero-order chi connectivity index (χ0) is 17.5. The molecule has 1 heterocycles. The molecule has 1 fully saturated rings. The van der Waals surface area contributed by atoms with E-state index in [1.54, 1.807) is 7.11 Å². The fourth-order valence-corrected chi connectivity index (χ4v) is 3.20. The van der Waals surface area contributed by atoms with Gasteiger partial charge in [-0.25, -0.2) is 0 Å². The van der Waals surface area contributed by atoms with E-state index in [9.17, 15) is 4.79 Å². The Kier molecular flexibility index (Phi) is 7.06. The number of carbonyl (C=O) groups is 1. The minimum absolute atomic E-state index is 0.0265. The monoisotopic (exact) mass is 333 g/mol. The molecule has 0 aliphatic carbocycles. The summed E-state index contributed by atoms with van der Waals surface area (Å²) in [6, 6.07) is 5.96. The molecule has 5 heteroatoms. The largest absolute Gasteiger partial charge is 0.496 e. The maximum absolute atomic E-state index is 11.9. The van der Waals surface area contributed by atoms with Crippen molar-refractivity contribution in [2.75, 3.05) is 38.6 Å². The summed E-state index contributed by atoms with van der Waals surface area (Å²) in [6.07, 6.45) is 3.29. The minimum Gasteiger partial charge on any atom is -0.496 e. The number of piperidine rings is 1. The average molecular weight is 333 g/mol. The first kappa shape index (κ1) is 18.7. The van der Waals surface area contributed by atoms with Crippen LogP contribution in [0.2, 0.25) is 0 Å². The van der Waals surface area contributed by atoms with Gasteiger partial charge in [-0.2, -0.15) is 0 Å². The van der Waals surface area contributed by atoms with Crippen LogP contribution in [0.5, 0.6) is 5.75 Å². The molecule has 24 heavy (non-hydrogen) atoms. The number of hydrogen-bond acceptors (Lipinski definition) is 4. The van der Waals surface area contributed by atoms with Gasteiger partial charge in [0, 0.05) is 11.6 Å². The van der Waals surface area contributed by atoms with E-state index in [0.717, 1.165) is 56.9 Å². The van der Waals surface area contributed by atoms with Crippen molar-refractivity contribution in [1.82, 2.24) is 4.90 Å². The highest BCUT2D eigenvalue weighted by Crippen LogP contribution is 2.36. The standard InChI is InChI=1S/C19H31N3O2/c1-14(2)19(23)21-16-5-6-18(24-3)17(13-16)15-7-11-22(12-8-15)10-4-9-20/h5-6,13-15H,4,7-12,20H2,1-3H3,(H,21,23). The second kappa shape index (κ2) is 9.04. The van der Waals surface area contributed by atoms with Crippen molar-refractivity contribution in [1.29, 1.82) is 0 Å². The van der Waals surface area contributed by atoms with Crippen molar-refractivity contribution in [3.63, 3.8) is 0 Å². The Bertz CT molecular complexity index is 537. The van der Waals surface area contributed by atoms with Crippen molar-refractivity contribution in [2.24, 2.45) is 11.7 Å². The van der Waals surface area contributed by atoms with Crippen LogP contribution >= 0.6 is 0 Å². The van der Waals surface area contributed by atoms with Crippen LogP contribution in [-0.4, -0.2) is 44.1 Å². The molecular formula is C19H31N3O2. The number of carbonyl (C=O) groups excluding carboxylic acids is 1. The number of methoxy groups -OCH3 is 1. The second-order valence-corrected chi connectivity index (χ2v) is 6.86. The van der Waals surface area contributed by atoms with Gasteiger partial charge in [-0.1, -0.05) is 13.8 Å². The van der Waals surface area contributed by atoms with Crippen LogP contribution < -0.4 is 15.8 Å². The summed E-state index contributed by atoms with van der Waals surface area (Å²) in [4.78, 5) is 14.4. The number of rotatable bonds is 7. The number of nitrogens with zero attached hydrogens (tertiary/aromatic N) is 1. The summed E-state index contributed by atoms with van der Waals surface area (Å²) in [5.41, 5.74) is 7.66. The van der Waals surface area contributed by atoms with Gasteiger partial charge in [-0.15, -0.1) is 0 Å². The van der Waals surface area contributed by atoms with Gasteiger partial charge < -0.3 is 20.7 Å². The van der Waals surface area contributed by atoms with Gasteiger partial charge in [0.25, 0.3) is 0 Å². The maximum atomic E-state index is 11.9. The van der Waals surface area contributed by atoms with Crippen molar-refractivity contribution in [2.45, 2.75) is 39.0 Å². The van der Waals surface area contributed by atoms with E-state index in [-0.39, 0.29) is 11.8 Å². The Morgan fingerprint density at radius 2 is 2.08 bits per heavy atom. The summed E-state index contributed by atoms with van der Waals surface area (Å²) in [5.74, 6) is 1.41. The summed E-state index contributed by atoms with van der Waals surface area (Å²) in [5, 5.41) is 2.99. The zero-order valence-electron chi connectivity index (χ0n) is 15.2. The van der Waals surface area contributed by atoms with E-state index >= 15 is 0 Å². The molecule has 1 saturated heterocycles. The first-order valence-electron chi connectivity index (χ1n) is 8.96. The first-order valence-corrected chi connectivity index (χ1v) is 8.96. The van der Waals surface area contributed by atoms with Crippen LogP contribution in [0.4, 0.5) is 5.69 Å². The van der Waals surface area contributed by atoms with Gasteiger partial charge in [0.2, 0.25) is 5.91 Å². The van der Waals surface area contributed by atoms with Crippen LogP contribution in [0, 0.1) is 5.92 Å². The van der Waals surface area contributed by atoms with E-state index < -0.39 is 0 Å². The average Bonchev–Trinajstić information content (AvgIpc) is 2.60. The Labute approximate surface area is 145 Å². The Morgan fingerprint density at radius 1 is 1.38 bits per heavy atom. The zero-order valence-corrected chi connectivity index (χ0v) is 15.2. The third-order valence-corrected chi connectivity index (χ3v) is 4.73. The minimum atomic E-state index is -0.0265. The molecule has 3 N–H and O–H groups in total. The molecule has 0 radical (unpaired) electrons. The molecule has 1 aromatic rings. The highest BCUT2D eigenvalue weighted by atomic mass is 16.5. The lowest BCUT2D eigenvalue weighted by molar-refractivity contribution is -0.118. The summed E-state index contributed by atoms with van der Waals surface area (Å²) < 4.78 is 5.55. The number of anilines is 1. The smallest absolute Gasteiger partial charge is 0.226 e. The number of nitrogens with one attached hydrogen (secondary N) is 1. The first-order chi connectivity index (χ1) is 11.5. The van der Waals surface area contributed by atoms with Crippen molar-refractivity contribution in [3.8, 4) is 5.75 Å². The topological polar surface area (TPSA) is 67.6 Å². The molecule has 0 saturated carbocycles. The molecular weight excluding hydrogens is 302 g/mol. The number of amides is 1. The molecule has 0 bridgehead atoms. The van der Waals surface area contributed by atoms with Crippen LogP contribution in [-0.2, 0) is 4.79 Å². The molecule has 0 spiro atoms. The summed E-state index contributed by atoms with van der Waals surface area (Å²) in [7, 11) is 1.71. The van der Waals surface area contributed by atoms with E-state index in [4.69, 9.17) is 10.5 Å². The number of ether oxygens (including phenoxy) is 1. The van der Waals surface area contributed by atoms with Crippen LogP contribution in [0.1, 0.15) is 44.6 Å². The molecule has 1 amide bonds. The van der Waals surface area contributed by atoms with Gasteiger partial charge in [-0.3, -0.25) is 4.79 Å². The highest BCUT2D eigenvalue weighted by molar-refractivity contribution is 5.92. The number of likely N-dealkylation sites (tertiary alicyclic amines) is 1. The normalized spacial score (nSPS) is 16.4. The van der Waals surface area contributed by atoms with Crippen LogP contribution in [0.3, 0.4) is 0 Å².